The van der Waals surface area contributed by atoms with Crippen LogP contribution >= 0.6 is 0 Å². The normalized spacial score (nSPS) is 10.6. The Morgan fingerprint density at radius 1 is 1.44 bits per heavy atom. The fourth-order valence-corrected chi connectivity index (χ4v) is 1.59. The van der Waals surface area contributed by atoms with E-state index >= 15 is 0 Å². The fourth-order valence-electron chi connectivity index (χ4n) is 1.59. The fraction of sp³-hybridized carbons (Fsp3) is 0.250. The van der Waals surface area contributed by atoms with Crippen molar-refractivity contribution < 1.29 is 4.84 Å². The van der Waals surface area contributed by atoms with Crippen LogP contribution in [-0.2, 0) is 11.3 Å². The van der Waals surface area contributed by atoms with E-state index in [-0.39, 0.29) is 0 Å². The largest absolute Gasteiger partial charge is 0.304 e. The van der Waals surface area contributed by atoms with Gasteiger partial charge in [0.15, 0.2) is 0 Å². The number of nitrogens with zero attached hydrogens (tertiary/aromatic N) is 2. The Kier molecular flexibility index (Phi) is 3.34. The van der Waals surface area contributed by atoms with Crippen LogP contribution < -0.4 is 5.90 Å². The van der Waals surface area contributed by atoms with Crippen LogP contribution in [0, 0.1) is 6.92 Å². The molecule has 0 saturated carbocycles. The topological polar surface area (TPSA) is 53.1 Å². The molecular formula is C12H15N3O. The zero-order valence-electron chi connectivity index (χ0n) is 9.26. The lowest BCUT2D eigenvalue weighted by atomic mass is 10.1. The molecule has 0 saturated heterocycles. The van der Waals surface area contributed by atoms with Gasteiger partial charge in [0.1, 0.15) is 0 Å². The van der Waals surface area contributed by atoms with Gasteiger partial charge in [-0.2, -0.15) is 5.10 Å². The number of aryl methyl sites for hydroxylation is 1. The van der Waals surface area contributed by atoms with Gasteiger partial charge in [0, 0.05) is 6.20 Å². The number of nitrogens with two attached hydrogens (primary N) is 1. The van der Waals surface area contributed by atoms with Crippen LogP contribution in [0.3, 0.4) is 0 Å². The lowest BCUT2D eigenvalue weighted by Crippen LogP contribution is -2.04. The lowest BCUT2D eigenvalue weighted by molar-refractivity contribution is 0.141. The van der Waals surface area contributed by atoms with Crippen LogP contribution in [0.2, 0.25) is 0 Å². The summed E-state index contributed by atoms with van der Waals surface area (Å²) in [5, 5.41) is 4.27. The van der Waals surface area contributed by atoms with Gasteiger partial charge in [0.05, 0.1) is 18.5 Å². The first-order valence-electron chi connectivity index (χ1n) is 5.22. The van der Waals surface area contributed by atoms with Crippen molar-refractivity contribution >= 4 is 0 Å². The molecule has 0 amide bonds. The second-order valence-electron chi connectivity index (χ2n) is 3.75. The highest BCUT2D eigenvalue weighted by Gasteiger charge is 1.99. The Bertz CT molecular complexity index is 465. The van der Waals surface area contributed by atoms with E-state index in [9.17, 15) is 0 Å². The van der Waals surface area contributed by atoms with E-state index in [1.807, 2.05) is 36.1 Å². The van der Waals surface area contributed by atoms with E-state index in [1.165, 1.54) is 5.56 Å². The van der Waals surface area contributed by atoms with Crippen molar-refractivity contribution in [2.75, 3.05) is 6.61 Å². The van der Waals surface area contributed by atoms with Gasteiger partial charge in [-0.15, -0.1) is 0 Å². The van der Waals surface area contributed by atoms with Gasteiger partial charge >= 0.3 is 0 Å². The molecule has 1 aromatic carbocycles. The van der Waals surface area contributed by atoms with Gasteiger partial charge < -0.3 is 4.84 Å². The molecule has 0 radical (unpaired) electrons. The van der Waals surface area contributed by atoms with E-state index in [0.717, 1.165) is 17.7 Å². The highest BCUT2D eigenvalue weighted by Crippen LogP contribution is 2.11. The molecule has 1 aromatic heterocycles. The molecule has 2 N–H and O–H groups in total. The maximum absolute atomic E-state index is 5.01. The molecule has 84 valence electrons. The Hall–Kier alpha value is -1.65. The first kappa shape index (κ1) is 10.9. The van der Waals surface area contributed by atoms with E-state index in [2.05, 4.69) is 22.1 Å². The molecule has 16 heavy (non-hydrogen) atoms. The van der Waals surface area contributed by atoms with Gasteiger partial charge in [0.25, 0.3) is 0 Å². The minimum absolute atomic E-state index is 0.529. The van der Waals surface area contributed by atoms with Gasteiger partial charge in [-0.25, -0.2) is 10.6 Å². The number of rotatable bonds is 4. The summed E-state index contributed by atoms with van der Waals surface area (Å²) < 4.78 is 1.86. The molecule has 0 aliphatic rings. The summed E-state index contributed by atoms with van der Waals surface area (Å²) in [6, 6.07) is 8.18. The quantitative estimate of drug-likeness (QED) is 0.792. The zero-order valence-corrected chi connectivity index (χ0v) is 9.26. The molecule has 4 nitrogen and oxygen atoms in total. The van der Waals surface area contributed by atoms with Crippen molar-refractivity contribution in [1.82, 2.24) is 9.78 Å². The van der Waals surface area contributed by atoms with Gasteiger partial charge in [-0.1, -0.05) is 12.1 Å². The molecule has 2 rings (SSSR count). The molecule has 1 heterocycles. The predicted octanol–water partition coefficient (Wildman–Crippen LogP) is 1.61. The minimum Gasteiger partial charge on any atom is -0.304 e. The molecule has 0 atom stereocenters. The van der Waals surface area contributed by atoms with E-state index in [1.54, 1.807) is 0 Å². The van der Waals surface area contributed by atoms with E-state index < -0.39 is 0 Å². The third kappa shape index (κ3) is 2.48. The lowest BCUT2D eigenvalue weighted by Gasteiger charge is -2.04. The Balaban J connectivity index is 2.22. The van der Waals surface area contributed by atoms with Crippen LogP contribution in [0.25, 0.3) is 5.69 Å². The molecule has 2 aromatic rings. The van der Waals surface area contributed by atoms with Crippen molar-refractivity contribution in [2.24, 2.45) is 5.90 Å². The van der Waals surface area contributed by atoms with Gasteiger partial charge in [0.2, 0.25) is 0 Å². The third-order valence-electron chi connectivity index (χ3n) is 2.40. The molecule has 0 aliphatic carbocycles. The van der Waals surface area contributed by atoms with Gasteiger partial charge in [-0.05, 0) is 36.6 Å². The first-order chi connectivity index (χ1) is 7.79. The third-order valence-corrected chi connectivity index (χ3v) is 2.40. The second-order valence-corrected chi connectivity index (χ2v) is 3.75. The van der Waals surface area contributed by atoms with Gasteiger partial charge in [-0.3, -0.25) is 0 Å². The standard InChI is InChI=1S/C12H15N3O/c1-10-8-14-15(9-10)12-4-2-3-11(7-12)5-6-16-13/h2-4,7-9H,5-6,13H2,1H3. The van der Waals surface area contributed by atoms with E-state index in [0.29, 0.717) is 6.61 Å². The van der Waals surface area contributed by atoms with Crippen molar-refractivity contribution in [1.29, 1.82) is 0 Å². The first-order valence-corrected chi connectivity index (χ1v) is 5.22. The SMILES string of the molecule is Cc1cnn(-c2cccc(CCON)c2)c1. The minimum atomic E-state index is 0.529. The molecule has 4 heteroatoms. The molecule has 0 spiro atoms. The summed E-state index contributed by atoms with van der Waals surface area (Å²) >= 11 is 0. The summed E-state index contributed by atoms with van der Waals surface area (Å²) in [6.45, 7) is 2.55. The summed E-state index contributed by atoms with van der Waals surface area (Å²) in [5.41, 5.74) is 3.40. The van der Waals surface area contributed by atoms with Crippen molar-refractivity contribution in [3.8, 4) is 5.69 Å². The number of aromatic nitrogens is 2. The number of hydrogen-bond acceptors (Lipinski definition) is 3. The average Bonchev–Trinajstić information content (AvgIpc) is 2.74. The molecule has 0 aliphatic heterocycles. The smallest absolute Gasteiger partial charge is 0.0719 e. The molecule has 0 unspecified atom stereocenters. The predicted molar refractivity (Wildman–Crippen MR) is 62.1 cm³/mol. The van der Waals surface area contributed by atoms with Crippen LogP contribution in [0.15, 0.2) is 36.7 Å². The summed E-state index contributed by atoms with van der Waals surface area (Å²) in [6.07, 6.45) is 4.65. The number of benzene rings is 1. The summed E-state index contributed by atoms with van der Waals surface area (Å²) in [5.74, 6) is 5.01. The average molecular weight is 217 g/mol. The van der Waals surface area contributed by atoms with Crippen LogP contribution in [0.1, 0.15) is 11.1 Å². The summed E-state index contributed by atoms with van der Waals surface area (Å²) in [4.78, 5) is 4.57. The monoisotopic (exact) mass is 217 g/mol. The summed E-state index contributed by atoms with van der Waals surface area (Å²) in [7, 11) is 0. The Morgan fingerprint density at radius 3 is 3.00 bits per heavy atom. The van der Waals surface area contributed by atoms with Crippen LogP contribution in [0.5, 0.6) is 0 Å². The maximum atomic E-state index is 5.01. The highest BCUT2D eigenvalue weighted by atomic mass is 16.6. The Labute approximate surface area is 94.6 Å². The number of hydrogen-bond donors (Lipinski definition) is 1. The zero-order chi connectivity index (χ0) is 11.4. The Morgan fingerprint density at radius 2 is 2.31 bits per heavy atom. The second kappa shape index (κ2) is 4.92. The molecule has 0 bridgehead atoms. The van der Waals surface area contributed by atoms with Crippen molar-refractivity contribution in [2.45, 2.75) is 13.3 Å². The molecule has 0 fully saturated rings. The van der Waals surface area contributed by atoms with Crippen molar-refractivity contribution in [3.63, 3.8) is 0 Å². The molecular weight excluding hydrogens is 202 g/mol. The van der Waals surface area contributed by atoms with Crippen LogP contribution in [0.4, 0.5) is 0 Å². The highest BCUT2D eigenvalue weighted by molar-refractivity contribution is 5.35. The maximum Gasteiger partial charge on any atom is 0.0719 e. The van der Waals surface area contributed by atoms with E-state index in [4.69, 9.17) is 5.90 Å². The van der Waals surface area contributed by atoms with Crippen LogP contribution in [-0.4, -0.2) is 16.4 Å². The van der Waals surface area contributed by atoms with Crippen molar-refractivity contribution in [3.05, 3.63) is 47.8 Å².